The highest BCUT2D eigenvalue weighted by molar-refractivity contribution is 5.63. The van der Waals surface area contributed by atoms with Crippen molar-refractivity contribution in [2.24, 2.45) is 0 Å². The summed E-state index contributed by atoms with van der Waals surface area (Å²) in [5.41, 5.74) is 2.81. The third-order valence-corrected chi connectivity index (χ3v) is 3.28. The Hall–Kier alpha value is -2.69. The van der Waals surface area contributed by atoms with Crippen LogP contribution in [0.1, 0.15) is 11.1 Å². The Kier molecular flexibility index (Phi) is 3.17. The third kappa shape index (κ3) is 2.50. The lowest BCUT2D eigenvalue weighted by Crippen LogP contribution is -1.87. The van der Waals surface area contributed by atoms with E-state index in [9.17, 15) is 9.50 Å². The lowest BCUT2D eigenvalue weighted by Gasteiger charge is -2.00. The van der Waals surface area contributed by atoms with Gasteiger partial charge in [0, 0.05) is 11.1 Å². The molecule has 1 aromatic heterocycles. The zero-order valence-corrected chi connectivity index (χ0v) is 11.6. The molecule has 0 aliphatic heterocycles. The van der Waals surface area contributed by atoms with Crippen molar-refractivity contribution in [3.63, 3.8) is 0 Å². The average molecular weight is 284 g/mol. The van der Waals surface area contributed by atoms with E-state index >= 15 is 0 Å². The topological polar surface area (TPSA) is 59.2 Å². The lowest BCUT2D eigenvalue weighted by molar-refractivity contribution is 0.432. The number of nitrogens with zero attached hydrogens (tertiary/aromatic N) is 2. The fraction of sp³-hybridized carbons (Fsp3) is 0.125. The van der Waals surface area contributed by atoms with Crippen LogP contribution in [0.4, 0.5) is 4.39 Å². The fourth-order valence-electron chi connectivity index (χ4n) is 2.12. The van der Waals surface area contributed by atoms with E-state index in [1.54, 1.807) is 37.3 Å². The van der Waals surface area contributed by atoms with Crippen LogP contribution in [-0.2, 0) is 0 Å². The van der Waals surface area contributed by atoms with E-state index in [0.717, 1.165) is 11.1 Å². The number of phenols is 1. The molecule has 0 bridgehead atoms. The predicted molar refractivity (Wildman–Crippen MR) is 76.3 cm³/mol. The van der Waals surface area contributed by atoms with Gasteiger partial charge >= 0.3 is 0 Å². The smallest absolute Gasteiger partial charge is 0.258 e. The van der Waals surface area contributed by atoms with Crippen LogP contribution in [0.2, 0.25) is 0 Å². The first-order chi connectivity index (χ1) is 10.0. The van der Waals surface area contributed by atoms with Crippen LogP contribution >= 0.6 is 0 Å². The van der Waals surface area contributed by atoms with E-state index < -0.39 is 0 Å². The van der Waals surface area contributed by atoms with Gasteiger partial charge in [-0.25, -0.2) is 4.39 Å². The molecule has 4 nitrogen and oxygen atoms in total. The molecule has 0 aliphatic carbocycles. The molecule has 3 aromatic rings. The summed E-state index contributed by atoms with van der Waals surface area (Å²) < 4.78 is 18.5. The number of aromatic hydroxyl groups is 1. The summed E-state index contributed by atoms with van der Waals surface area (Å²) in [5.74, 6) is 0.687. The average Bonchev–Trinajstić information content (AvgIpc) is 2.91. The predicted octanol–water partition coefficient (Wildman–Crippen LogP) is 3.87. The molecule has 5 heteroatoms. The maximum atomic E-state index is 13.3. The molecular formula is C16H13FN2O2. The van der Waals surface area contributed by atoms with Gasteiger partial charge in [0.25, 0.3) is 5.89 Å². The second kappa shape index (κ2) is 5.01. The summed E-state index contributed by atoms with van der Waals surface area (Å²) in [5, 5.41) is 13.3. The van der Waals surface area contributed by atoms with Crippen molar-refractivity contribution in [2.45, 2.75) is 13.8 Å². The molecule has 1 heterocycles. The Morgan fingerprint density at radius 2 is 1.86 bits per heavy atom. The molecule has 21 heavy (non-hydrogen) atoms. The maximum Gasteiger partial charge on any atom is 0.258 e. The zero-order chi connectivity index (χ0) is 15.0. The zero-order valence-electron chi connectivity index (χ0n) is 11.6. The quantitative estimate of drug-likeness (QED) is 0.776. The SMILES string of the molecule is Cc1cc(-c2noc(-c3ccc(O)cc3C)n2)ccc1F. The minimum atomic E-state index is -0.267. The minimum Gasteiger partial charge on any atom is -0.508 e. The Morgan fingerprint density at radius 3 is 2.57 bits per heavy atom. The van der Waals surface area contributed by atoms with Gasteiger partial charge in [-0.05, 0) is 61.4 Å². The van der Waals surface area contributed by atoms with E-state index in [0.29, 0.717) is 22.8 Å². The largest absolute Gasteiger partial charge is 0.508 e. The second-order valence-corrected chi connectivity index (χ2v) is 4.89. The van der Waals surface area contributed by atoms with Crippen LogP contribution < -0.4 is 0 Å². The number of hydrogen-bond donors (Lipinski definition) is 1. The molecule has 0 atom stereocenters. The Bertz CT molecular complexity index is 812. The first kappa shape index (κ1) is 13.3. The minimum absolute atomic E-state index is 0.185. The van der Waals surface area contributed by atoms with Gasteiger partial charge in [0.2, 0.25) is 5.82 Å². The molecule has 2 aromatic carbocycles. The van der Waals surface area contributed by atoms with Crippen LogP contribution in [0, 0.1) is 19.7 Å². The molecule has 0 saturated carbocycles. The normalized spacial score (nSPS) is 10.8. The van der Waals surface area contributed by atoms with E-state index in [1.165, 1.54) is 6.07 Å². The number of rotatable bonds is 2. The molecule has 106 valence electrons. The molecule has 0 aliphatic rings. The number of aromatic nitrogens is 2. The van der Waals surface area contributed by atoms with Crippen molar-refractivity contribution in [1.82, 2.24) is 10.1 Å². The summed E-state index contributed by atoms with van der Waals surface area (Å²) in [4.78, 5) is 4.33. The lowest BCUT2D eigenvalue weighted by atomic mass is 10.1. The standard InChI is InChI=1S/C16H13FN2O2/c1-9-8-12(20)4-5-13(9)16-18-15(19-21-16)11-3-6-14(17)10(2)7-11/h3-8,20H,1-2H3. The number of phenolic OH excluding ortho intramolecular Hbond substituents is 1. The molecule has 0 unspecified atom stereocenters. The maximum absolute atomic E-state index is 13.3. The van der Waals surface area contributed by atoms with Crippen LogP contribution in [0.15, 0.2) is 40.9 Å². The van der Waals surface area contributed by atoms with Crippen LogP contribution in [0.5, 0.6) is 5.75 Å². The van der Waals surface area contributed by atoms with Crippen molar-refractivity contribution < 1.29 is 14.0 Å². The Balaban J connectivity index is 2.01. The van der Waals surface area contributed by atoms with Gasteiger partial charge in [-0.15, -0.1) is 0 Å². The molecule has 1 N–H and O–H groups in total. The van der Waals surface area contributed by atoms with Gasteiger partial charge in [0.05, 0.1) is 0 Å². The summed E-state index contributed by atoms with van der Waals surface area (Å²) in [6.07, 6.45) is 0. The van der Waals surface area contributed by atoms with Gasteiger partial charge in [-0.3, -0.25) is 0 Å². The molecular weight excluding hydrogens is 271 g/mol. The second-order valence-electron chi connectivity index (χ2n) is 4.89. The van der Waals surface area contributed by atoms with Crippen molar-refractivity contribution in [3.05, 3.63) is 53.3 Å². The molecule has 0 amide bonds. The Morgan fingerprint density at radius 1 is 1.05 bits per heavy atom. The van der Waals surface area contributed by atoms with E-state index in [4.69, 9.17) is 4.52 Å². The summed E-state index contributed by atoms with van der Waals surface area (Å²) in [7, 11) is 0. The first-order valence-corrected chi connectivity index (χ1v) is 6.45. The number of halogens is 1. The van der Waals surface area contributed by atoms with Gasteiger partial charge in [-0.2, -0.15) is 4.98 Å². The number of benzene rings is 2. The van der Waals surface area contributed by atoms with E-state index in [2.05, 4.69) is 10.1 Å². The van der Waals surface area contributed by atoms with Crippen molar-refractivity contribution in [3.8, 4) is 28.6 Å². The summed E-state index contributed by atoms with van der Waals surface area (Å²) in [6.45, 7) is 3.53. The summed E-state index contributed by atoms with van der Waals surface area (Å²) in [6, 6.07) is 9.58. The highest BCUT2D eigenvalue weighted by Crippen LogP contribution is 2.27. The van der Waals surface area contributed by atoms with Crippen LogP contribution in [0.25, 0.3) is 22.8 Å². The van der Waals surface area contributed by atoms with Gasteiger partial charge < -0.3 is 9.63 Å². The molecule has 0 fully saturated rings. The number of aryl methyl sites for hydroxylation is 2. The molecule has 0 radical (unpaired) electrons. The van der Waals surface area contributed by atoms with Crippen molar-refractivity contribution in [1.29, 1.82) is 0 Å². The van der Waals surface area contributed by atoms with Gasteiger partial charge in [0.1, 0.15) is 11.6 Å². The van der Waals surface area contributed by atoms with Crippen LogP contribution in [0.3, 0.4) is 0 Å². The molecule has 0 spiro atoms. The first-order valence-electron chi connectivity index (χ1n) is 6.45. The van der Waals surface area contributed by atoms with Crippen LogP contribution in [-0.4, -0.2) is 15.2 Å². The highest BCUT2D eigenvalue weighted by Gasteiger charge is 2.13. The third-order valence-electron chi connectivity index (χ3n) is 3.28. The van der Waals surface area contributed by atoms with Crippen molar-refractivity contribution in [2.75, 3.05) is 0 Å². The van der Waals surface area contributed by atoms with E-state index in [-0.39, 0.29) is 11.6 Å². The molecule has 3 rings (SSSR count). The number of hydrogen-bond acceptors (Lipinski definition) is 4. The Labute approximate surface area is 120 Å². The van der Waals surface area contributed by atoms with Gasteiger partial charge in [0.15, 0.2) is 0 Å². The van der Waals surface area contributed by atoms with Crippen molar-refractivity contribution >= 4 is 0 Å². The van der Waals surface area contributed by atoms with E-state index in [1.807, 2.05) is 6.92 Å². The summed E-state index contributed by atoms with van der Waals surface area (Å²) >= 11 is 0. The monoisotopic (exact) mass is 284 g/mol. The fourth-order valence-corrected chi connectivity index (χ4v) is 2.12. The highest BCUT2D eigenvalue weighted by atomic mass is 19.1. The molecule has 0 saturated heterocycles. The van der Waals surface area contributed by atoms with Gasteiger partial charge in [-0.1, -0.05) is 5.16 Å².